The molecular formula is C13H13NO3S. The molecule has 4 nitrogen and oxygen atoms in total. The van der Waals surface area contributed by atoms with Crippen LogP contribution >= 0.6 is 11.3 Å². The van der Waals surface area contributed by atoms with Gasteiger partial charge in [-0.3, -0.25) is 4.79 Å². The van der Waals surface area contributed by atoms with Crippen molar-refractivity contribution in [1.29, 1.82) is 0 Å². The summed E-state index contributed by atoms with van der Waals surface area (Å²) < 4.78 is 4.85. The number of hydrogen-bond donors (Lipinski definition) is 2. The molecule has 1 amide bonds. The van der Waals surface area contributed by atoms with Crippen molar-refractivity contribution in [2.45, 2.75) is 6.10 Å². The Morgan fingerprint density at radius 2 is 2.44 bits per heavy atom. The van der Waals surface area contributed by atoms with Crippen LogP contribution in [0.3, 0.4) is 0 Å². The van der Waals surface area contributed by atoms with E-state index in [1.165, 1.54) is 18.6 Å². The van der Waals surface area contributed by atoms with E-state index >= 15 is 0 Å². The van der Waals surface area contributed by atoms with E-state index in [4.69, 9.17) is 4.42 Å². The highest BCUT2D eigenvalue weighted by Crippen LogP contribution is 2.12. The third-order valence-electron chi connectivity index (χ3n) is 2.34. The van der Waals surface area contributed by atoms with Gasteiger partial charge in [0, 0.05) is 23.1 Å². The van der Waals surface area contributed by atoms with Gasteiger partial charge in [-0.25, -0.2) is 0 Å². The van der Waals surface area contributed by atoms with Crippen LogP contribution in [0.2, 0.25) is 0 Å². The first-order chi connectivity index (χ1) is 8.75. The predicted octanol–water partition coefficient (Wildman–Crippen LogP) is 2.20. The minimum Gasteiger partial charge on any atom is -0.472 e. The maximum atomic E-state index is 11.5. The molecule has 0 fully saturated rings. The Morgan fingerprint density at radius 3 is 3.11 bits per heavy atom. The molecule has 5 heteroatoms. The molecule has 2 aromatic rings. The Kier molecular flexibility index (Phi) is 4.33. The average molecular weight is 263 g/mol. The van der Waals surface area contributed by atoms with E-state index in [-0.39, 0.29) is 12.5 Å². The lowest BCUT2D eigenvalue weighted by Crippen LogP contribution is -2.26. The third-order valence-corrected chi connectivity index (χ3v) is 3.18. The van der Waals surface area contributed by atoms with Crippen molar-refractivity contribution in [2.24, 2.45) is 0 Å². The van der Waals surface area contributed by atoms with Gasteiger partial charge < -0.3 is 14.8 Å². The number of aliphatic hydroxyl groups excluding tert-OH is 1. The quantitative estimate of drug-likeness (QED) is 0.813. The Hall–Kier alpha value is -1.85. The van der Waals surface area contributed by atoms with Gasteiger partial charge in [0.25, 0.3) is 0 Å². The zero-order chi connectivity index (χ0) is 12.8. The van der Waals surface area contributed by atoms with E-state index in [2.05, 4.69) is 5.32 Å². The summed E-state index contributed by atoms with van der Waals surface area (Å²) in [6.07, 6.45) is 5.39. The Balaban J connectivity index is 1.78. The molecule has 0 aliphatic rings. The molecule has 0 bridgehead atoms. The number of aliphatic hydroxyl groups is 1. The maximum absolute atomic E-state index is 11.5. The molecule has 2 aromatic heterocycles. The minimum atomic E-state index is -0.747. The number of furan rings is 1. The molecule has 0 radical (unpaired) electrons. The number of hydrogen-bond acceptors (Lipinski definition) is 4. The van der Waals surface area contributed by atoms with Crippen LogP contribution in [0, 0.1) is 0 Å². The summed E-state index contributed by atoms with van der Waals surface area (Å²) in [6.45, 7) is 0.160. The van der Waals surface area contributed by atoms with E-state index < -0.39 is 6.10 Å². The molecular weight excluding hydrogens is 250 g/mol. The minimum absolute atomic E-state index is 0.160. The molecule has 2 rings (SSSR count). The second-order valence-electron chi connectivity index (χ2n) is 3.67. The SMILES string of the molecule is O=C(/C=C/c1cccs1)NC[C@@H](O)c1ccoc1. The zero-order valence-electron chi connectivity index (χ0n) is 9.58. The van der Waals surface area contributed by atoms with Gasteiger partial charge >= 0.3 is 0 Å². The molecule has 2 heterocycles. The van der Waals surface area contributed by atoms with Crippen molar-refractivity contribution < 1.29 is 14.3 Å². The number of amides is 1. The fraction of sp³-hybridized carbons (Fsp3) is 0.154. The van der Waals surface area contributed by atoms with E-state index in [0.29, 0.717) is 5.56 Å². The summed E-state index contributed by atoms with van der Waals surface area (Å²) in [7, 11) is 0. The van der Waals surface area contributed by atoms with Crippen molar-refractivity contribution in [1.82, 2.24) is 5.32 Å². The number of thiophene rings is 1. The van der Waals surface area contributed by atoms with Crippen LogP contribution in [0.4, 0.5) is 0 Å². The number of rotatable bonds is 5. The van der Waals surface area contributed by atoms with E-state index in [1.807, 2.05) is 17.5 Å². The van der Waals surface area contributed by atoms with Crippen LogP contribution in [0.5, 0.6) is 0 Å². The highest BCUT2D eigenvalue weighted by Gasteiger charge is 2.09. The van der Waals surface area contributed by atoms with Gasteiger partial charge in [-0.15, -0.1) is 11.3 Å². The number of nitrogens with one attached hydrogen (secondary N) is 1. The van der Waals surface area contributed by atoms with Crippen molar-refractivity contribution in [3.05, 3.63) is 52.6 Å². The zero-order valence-corrected chi connectivity index (χ0v) is 10.4. The average Bonchev–Trinajstić information content (AvgIpc) is 3.05. The Morgan fingerprint density at radius 1 is 1.56 bits per heavy atom. The first-order valence-electron chi connectivity index (χ1n) is 5.45. The molecule has 0 aromatic carbocycles. The highest BCUT2D eigenvalue weighted by molar-refractivity contribution is 7.10. The lowest BCUT2D eigenvalue weighted by Gasteiger charge is -2.08. The second-order valence-corrected chi connectivity index (χ2v) is 4.65. The molecule has 94 valence electrons. The van der Waals surface area contributed by atoms with Crippen LogP contribution in [-0.4, -0.2) is 17.6 Å². The molecule has 0 spiro atoms. The Bertz CT molecular complexity index is 502. The predicted molar refractivity (Wildman–Crippen MR) is 70.0 cm³/mol. The Labute approximate surface area is 109 Å². The summed E-state index contributed by atoms with van der Waals surface area (Å²) >= 11 is 1.56. The van der Waals surface area contributed by atoms with Gasteiger partial charge in [-0.2, -0.15) is 0 Å². The van der Waals surface area contributed by atoms with Crippen molar-refractivity contribution in [2.75, 3.05) is 6.54 Å². The first kappa shape index (κ1) is 12.6. The van der Waals surface area contributed by atoms with Gasteiger partial charge in [0.1, 0.15) is 0 Å². The smallest absolute Gasteiger partial charge is 0.244 e. The van der Waals surface area contributed by atoms with Gasteiger partial charge in [0.2, 0.25) is 5.91 Å². The van der Waals surface area contributed by atoms with Crippen LogP contribution in [0.25, 0.3) is 6.08 Å². The molecule has 0 aliphatic carbocycles. The fourth-order valence-electron chi connectivity index (χ4n) is 1.38. The van der Waals surface area contributed by atoms with E-state index in [9.17, 15) is 9.90 Å². The van der Waals surface area contributed by atoms with Crippen LogP contribution in [0.1, 0.15) is 16.5 Å². The summed E-state index contributed by atoms with van der Waals surface area (Å²) in [5.74, 6) is -0.231. The van der Waals surface area contributed by atoms with Gasteiger partial charge in [-0.05, 0) is 23.6 Å². The van der Waals surface area contributed by atoms with Gasteiger partial charge in [0.15, 0.2) is 0 Å². The normalized spacial score (nSPS) is 12.7. The second kappa shape index (κ2) is 6.18. The molecule has 1 atom stereocenters. The molecule has 0 saturated carbocycles. The van der Waals surface area contributed by atoms with Crippen molar-refractivity contribution in [3.63, 3.8) is 0 Å². The lowest BCUT2D eigenvalue weighted by molar-refractivity contribution is -0.116. The molecule has 2 N–H and O–H groups in total. The summed E-state index contributed by atoms with van der Waals surface area (Å²) in [5.41, 5.74) is 0.650. The summed E-state index contributed by atoms with van der Waals surface area (Å²) in [5, 5.41) is 14.3. The molecule has 0 unspecified atom stereocenters. The highest BCUT2D eigenvalue weighted by atomic mass is 32.1. The van der Waals surface area contributed by atoms with Gasteiger partial charge in [-0.1, -0.05) is 6.07 Å². The molecule has 18 heavy (non-hydrogen) atoms. The van der Waals surface area contributed by atoms with Crippen LogP contribution in [0.15, 0.2) is 46.6 Å². The molecule has 0 saturated heterocycles. The largest absolute Gasteiger partial charge is 0.472 e. The van der Waals surface area contributed by atoms with Crippen molar-refractivity contribution in [3.8, 4) is 0 Å². The summed E-state index contributed by atoms with van der Waals surface area (Å²) in [4.78, 5) is 12.5. The lowest BCUT2D eigenvalue weighted by atomic mass is 10.2. The monoisotopic (exact) mass is 263 g/mol. The standard InChI is InChI=1S/C13H13NO3S/c15-12(10-5-6-17-9-10)8-14-13(16)4-3-11-2-1-7-18-11/h1-7,9,12,15H,8H2,(H,14,16)/b4-3+/t12-/m1/s1. The number of carbonyl (C=O) groups excluding carboxylic acids is 1. The van der Waals surface area contributed by atoms with Gasteiger partial charge in [0.05, 0.1) is 18.6 Å². The maximum Gasteiger partial charge on any atom is 0.244 e. The first-order valence-corrected chi connectivity index (χ1v) is 6.33. The van der Waals surface area contributed by atoms with Crippen LogP contribution < -0.4 is 5.32 Å². The van der Waals surface area contributed by atoms with Crippen molar-refractivity contribution >= 4 is 23.3 Å². The summed E-state index contributed by atoms with van der Waals surface area (Å²) in [6, 6.07) is 5.51. The van der Waals surface area contributed by atoms with E-state index in [0.717, 1.165) is 4.88 Å². The fourth-order valence-corrected chi connectivity index (χ4v) is 2.00. The third kappa shape index (κ3) is 3.58. The topological polar surface area (TPSA) is 62.5 Å². The van der Waals surface area contributed by atoms with E-state index in [1.54, 1.807) is 23.5 Å². The number of carbonyl (C=O) groups is 1. The molecule has 0 aliphatic heterocycles. The van der Waals surface area contributed by atoms with Crippen LogP contribution in [-0.2, 0) is 4.79 Å².